The summed E-state index contributed by atoms with van der Waals surface area (Å²) in [5.41, 5.74) is 1.22. The normalized spacial score (nSPS) is 16.4. The third kappa shape index (κ3) is 5.99. The molecule has 0 bridgehead atoms. The van der Waals surface area contributed by atoms with Crippen molar-refractivity contribution in [3.05, 3.63) is 76.7 Å². The lowest BCUT2D eigenvalue weighted by Gasteiger charge is -2.34. The lowest BCUT2D eigenvalue weighted by atomic mass is 10.1. The van der Waals surface area contributed by atoms with Gasteiger partial charge in [0.25, 0.3) is 5.56 Å². The van der Waals surface area contributed by atoms with Crippen LogP contribution in [0.25, 0.3) is 11.0 Å². The molecule has 8 nitrogen and oxygen atoms in total. The Morgan fingerprint density at radius 2 is 1.78 bits per heavy atom. The van der Waals surface area contributed by atoms with Crippen molar-refractivity contribution >= 4 is 22.9 Å². The van der Waals surface area contributed by atoms with Crippen LogP contribution >= 0.6 is 0 Å². The Morgan fingerprint density at radius 1 is 1.11 bits per heavy atom. The van der Waals surface area contributed by atoms with E-state index in [9.17, 15) is 22.8 Å². The average Bonchev–Trinajstić information content (AvgIpc) is 2.88. The molecule has 4 rings (SSSR count). The van der Waals surface area contributed by atoms with Crippen molar-refractivity contribution in [1.82, 2.24) is 24.3 Å². The summed E-state index contributed by atoms with van der Waals surface area (Å²) in [7, 11) is 0. The van der Waals surface area contributed by atoms with E-state index in [4.69, 9.17) is 0 Å². The van der Waals surface area contributed by atoms with Crippen molar-refractivity contribution < 1.29 is 18.0 Å². The number of carbonyl (C=O) groups is 1. The molecule has 196 valence electrons. The first kappa shape index (κ1) is 26.3. The van der Waals surface area contributed by atoms with Crippen molar-refractivity contribution in [3.8, 4) is 0 Å². The van der Waals surface area contributed by atoms with Gasteiger partial charge in [-0.2, -0.15) is 18.2 Å². The van der Waals surface area contributed by atoms with Gasteiger partial charge in [-0.25, -0.2) is 4.98 Å². The number of nitrogens with one attached hydrogen (secondary N) is 1. The third-order valence-electron chi connectivity index (χ3n) is 6.62. The van der Waals surface area contributed by atoms with E-state index in [0.717, 1.165) is 43.8 Å². The Kier molecular flexibility index (Phi) is 7.63. The molecule has 1 aliphatic heterocycles. The van der Waals surface area contributed by atoms with Gasteiger partial charge < -0.3 is 10.2 Å². The smallest absolute Gasteiger partial charge is 0.348 e. The van der Waals surface area contributed by atoms with Crippen LogP contribution in [-0.4, -0.2) is 62.6 Å². The first-order valence-electron chi connectivity index (χ1n) is 12.0. The molecule has 3 heterocycles. The minimum absolute atomic E-state index is 0.0426. The van der Waals surface area contributed by atoms with Gasteiger partial charge in [-0.15, -0.1) is 0 Å². The summed E-state index contributed by atoms with van der Waals surface area (Å²) in [6.07, 6.45) is -1.85. The van der Waals surface area contributed by atoms with E-state index in [0.29, 0.717) is 23.0 Å². The zero-order valence-corrected chi connectivity index (χ0v) is 20.7. The largest absolute Gasteiger partial charge is 0.409 e. The predicted molar refractivity (Wildman–Crippen MR) is 135 cm³/mol. The Morgan fingerprint density at radius 3 is 2.41 bits per heavy atom. The highest BCUT2D eigenvalue weighted by molar-refractivity contribution is 5.87. The number of nitrogens with zero attached hydrogens (tertiary/aromatic N) is 5. The standard InChI is InChI=1S/C26H29F3N6O2/c1-4-22(36)34-13-11-33(12-14-34)16-19-5-7-20(8-6-19)17(2)31-25-30-15-21-9-10-23(37)35(24(21)32-25)18(3)26(27,28)29/h4-10,15,17-18H,1,11-14,16H2,2-3H3,(H,30,31,32). The molecule has 1 saturated heterocycles. The van der Waals surface area contributed by atoms with E-state index in [-0.39, 0.29) is 23.5 Å². The van der Waals surface area contributed by atoms with E-state index in [2.05, 4.69) is 26.8 Å². The van der Waals surface area contributed by atoms with E-state index in [1.165, 1.54) is 18.3 Å². The first-order chi connectivity index (χ1) is 17.6. The zero-order valence-electron chi connectivity index (χ0n) is 20.7. The summed E-state index contributed by atoms with van der Waals surface area (Å²) in [6.45, 7) is 10.0. The number of hydrogen-bond acceptors (Lipinski definition) is 6. The van der Waals surface area contributed by atoms with Gasteiger partial charge in [0.15, 0.2) is 0 Å². The molecule has 37 heavy (non-hydrogen) atoms. The van der Waals surface area contributed by atoms with Crippen LogP contribution in [0.2, 0.25) is 0 Å². The van der Waals surface area contributed by atoms with Crippen molar-refractivity contribution in [2.24, 2.45) is 0 Å². The Balaban J connectivity index is 1.44. The van der Waals surface area contributed by atoms with E-state index < -0.39 is 17.8 Å². The Labute approximate surface area is 212 Å². The minimum Gasteiger partial charge on any atom is -0.348 e. The highest BCUT2D eigenvalue weighted by Crippen LogP contribution is 2.31. The highest BCUT2D eigenvalue weighted by Gasteiger charge is 2.38. The second-order valence-electron chi connectivity index (χ2n) is 9.14. The van der Waals surface area contributed by atoms with Gasteiger partial charge >= 0.3 is 6.18 Å². The molecule has 0 spiro atoms. The van der Waals surface area contributed by atoms with Gasteiger partial charge in [0, 0.05) is 50.4 Å². The van der Waals surface area contributed by atoms with Crippen LogP contribution in [0, 0.1) is 0 Å². The number of carbonyl (C=O) groups excluding carboxylic acids is 1. The van der Waals surface area contributed by atoms with E-state index in [1.54, 1.807) is 4.90 Å². The molecular weight excluding hydrogens is 485 g/mol. The summed E-state index contributed by atoms with van der Waals surface area (Å²) >= 11 is 0. The number of benzene rings is 1. The molecule has 2 unspecified atom stereocenters. The van der Waals surface area contributed by atoms with Gasteiger partial charge in [0.1, 0.15) is 11.7 Å². The van der Waals surface area contributed by atoms with Crippen LogP contribution in [0.15, 0.2) is 60.0 Å². The van der Waals surface area contributed by atoms with Crippen molar-refractivity contribution in [3.63, 3.8) is 0 Å². The lowest BCUT2D eigenvalue weighted by molar-refractivity contribution is -0.162. The van der Waals surface area contributed by atoms with Crippen LogP contribution < -0.4 is 10.9 Å². The second-order valence-corrected chi connectivity index (χ2v) is 9.14. The maximum Gasteiger partial charge on any atom is 0.409 e. The maximum absolute atomic E-state index is 13.4. The minimum atomic E-state index is -4.59. The van der Waals surface area contributed by atoms with Crippen LogP contribution in [0.1, 0.15) is 37.1 Å². The topological polar surface area (TPSA) is 83.4 Å². The summed E-state index contributed by atoms with van der Waals surface area (Å²) in [5, 5.41) is 3.46. The van der Waals surface area contributed by atoms with Crippen molar-refractivity contribution in [2.45, 2.75) is 38.7 Å². The SMILES string of the molecule is C=CC(=O)N1CCN(Cc2ccc(C(C)Nc3ncc4ccc(=O)n(C(C)C(F)(F)F)c4n3)cc2)CC1. The molecule has 2 atom stereocenters. The summed E-state index contributed by atoms with van der Waals surface area (Å²) in [6, 6.07) is 8.26. The summed E-state index contributed by atoms with van der Waals surface area (Å²) in [5.74, 6) is 0.0868. The molecule has 0 aliphatic carbocycles. The Bertz CT molecular complexity index is 1330. The lowest BCUT2D eigenvalue weighted by Crippen LogP contribution is -2.47. The Hall–Kier alpha value is -3.73. The van der Waals surface area contributed by atoms with Gasteiger partial charge in [-0.05, 0) is 37.1 Å². The number of amides is 1. The number of rotatable bonds is 7. The molecule has 11 heteroatoms. The fourth-order valence-electron chi connectivity index (χ4n) is 4.33. The highest BCUT2D eigenvalue weighted by atomic mass is 19.4. The van der Waals surface area contributed by atoms with Gasteiger partial charge in [0.2, 0.25) is 11.9 Å². The van der Waals surface area contributed by atoms with E-state index >= 15 is 0 Å². The molecule has 1 aliphatic rings. The first-order valence-corrected chi connectivity index (χ1v) is 12.0. The average molecular weight is 515 g/mol. The number of aromatic nitrogens is 3. The van der Waals surface area contributed by atoms with Crippen LogP contribution in [0.3, 0.4) is 0 Å². The number of alkyl halides is 3. The molecule has 1 fully saturated rings. The fraction of sp³-hybridized carbons (Fsp3) is 0.385. The van der Waals surface area contributed by atoms with Gasteiger partial charge in [-0.1, -0.05) is 30.8 Å². The predicted octanol–water partition coefficient (Wildman–Crippen LogP) is 3.92. The number of halogens is 3. The quantitative estimate of drug-likeness (QED) is 0.482. The molecule has 3 aromatic rings. The van der Waals surface area contributed by atoms with Crippen molar-refractivity contribution in [1.29, 1.82) is 0 Å². The molecule has 0 saturated carbocycles. The maximum atomic E-state index is 13.4. The molecule has 0 radical (unpaired) electrons. The monoisotopic (exact) mass is 514 g/mol. The molecule has 1 amide bonds. The number of anilines is 1. The van der Waals surface area contributed by atoms with Gasteiger partial charge in [0.05, 0.1) is 6.04 Å². The van der Waals surface area contributed by atoms with Crippen molar-refractivity contribution in [2.75, 3.05) is 31.5 Å². The zero-order chi connectivity index (χ0) is 26.7. The van der Waals surface area contributed by atoms with Crippen LogP contribution in [0.5, 0.6) is 0 Å². The molecule has 1 aromatic carbocycles. The second kappa shape index (κ2) is 10.7. The molecule has 1 N–H and O–H groups in total. The summed E-state index contributed by atoms with van der Waals surface area (Å²) in [4.78, 5) is 36.6. The number of piperazine rings is 1. The third-order valence-corrected chi connectivity index (χ3v) is 6.62. The number of pyridine rings is 1. The van der Waals surface area contributed by atoms with E-state index in [1.807, 2.05) is 31.2 Å². The van der Waals surface area contributed by atoms with Crippen LogP contribution in [-0.2, 0) is 11.3 Å². The molecule has 2 aromatic heterocycles. The van der Waals surface area contributed by atoms with Gasteiger partial charge in [-0.3, -0.25) is 19.1 Å². The van der Waals surface area contributed by atoms with Crippen LogP contribution in [0.4, 0.5) is 19.1 Å². The molecular formula is C26H29F3N6O2. The summed E-state index contributed by atoms with van der Waals surface area (Å²) < 4.78 is 40.8. The fourth-order valence-corrected chi connectivity index (χ4v) is 4.33. The number of hydrogen-bond donors (Lipinski definition) is 1. The number of fused-ring (bicyclic) bond motifs is 1.